The van der Waals surface area contributed by atoms with Gasteiger partial charge in [0.2, 0.25) is 0 Å². The van der Waals surface area contributed by atoms with Gasteiger partial charge in [0, 0.05) is 12.0 Å². The number of nitrogens with two attached hydrogens (primary N) is 1. The van der Waals surface area contributed by atoms with Crippen molar-refractivity contribution in [1.82, 2.24) is 0 Å². The van der Waals surface area contributed by atoms with E-state index in [0.29, 0.717) is 12.2 Å². The first kappa shape index (κ1) is 11.2. The van der Waals surface area contributed by atoms with Gasteiger partial charge in [-0.3, -0.25) is 4.79 Å². The molecule has 2 rings (SSSR count). The molecule has 0 saturated carbocycles. The van der Waals surface area contributed by atoms with Crippen molar-refractivity contribution < 1.29 is 14.3 Å². The number of hydrogen-bond acceptors (Lipinski definition) is 3. The molecule has 0 saturated heterocycles. The number of primary amides is 1. The van der Waals surface area contributed by atoms with Crippen LogP contribution in [0.5, 0.6) is 0 Å². The highest BCUT2D eigenvalue weighted by atomic mass is 16.5. The summed E-state index contributed by atoms with van der Waals surface area (Å²) in [4.78, 5) is 20.4. The number of amides is 1. The summed E-state index contributed by atoms with van der Waals surface area (Å²) in [6.07, 6.45) is 0.902. The van der Waals surface area contributed by atoms with E-state index in [0.717, 1.165) is 12.0 Å². The van der Waals surface area contributed by atoms with Crippen molar-refractivity contribution in [3.05, 3.63) is 35.4 Å². The van der Waals surface area contributed by atoms with Crippen molar-refractivity contribution in [2.24, 2.45) is 5.73 Å². The highest BCUT2D eigenvalue weighted by Gasteiger charge is 2.17. The van der Waals surface area contributed by atoms with Crippen LogP contribution >= 0.6 is 0 Å². The summed E-state index contributed by atoms with van der Waals surface area (Å²) in [5.41, 5.74) is 6.58. The molecule has 0 fully saturated rings. The Morgan fingerprint density at radius 3 is 2.47 bits per heavy atom. The quantitative estimate of drug-likeness (QED) is 0.701. The standard InChI is InChI=1S/C9H8O.C2H5NO2/c10-9-6-5-7-3-1-2-4-8(7)9;1-5-2(3)4/h1-4H,5-6H2;1H3,(H2,3,4). The molecule has 0 heterocycles. The number of carbonyl (C=O) groups is 2. The Balaban J connectivity index is 0.000000195. The van der Waals surface area contributed by atoms with Crippen LogP contribution in [0, 0.1) is 0 Å². The Morgan fingerprint density at radius 1 is 1.33 bits per heavy atom. The van der Waals surface area contributed by atoms with Gasteiger partial charge >= 0.3 is 6.09 Å². The lowest BCUT2D eigenvalue weighted by molar-refractivity contribution is 0.0994. The van der Waals surface area contributed by atoms with E-state index >= 15 is 0 Å². The number of fused-ring (bicyclic) bond motifs is 1. The molecule has 4 heteroatoms. The highest BCUT2D eigenvalue weighted by molar-refractivity contribution is 6.00. The monoisotopic (exact) mass is 207 g/mol. The number of aryl methyl sites for hydroxylation is 1. The zero-order valence-corrected chi connectivity index (χ0v) is 8.53. The van der Waals surface area contributed by atoms with E-state index in [-0.39, 0.29) is 0 Å². The van der Waals surface area contributed by atoms with Crippen LogP contribution in [0.15, 0.2) is 24.3 Å². The van der Waals surface area contributed by atoms with Gasteiger partial charge in [-0.1, -0.05) is 24.3 Å². The van der Waals surface area contributed by atoms with Gasteiger partial charge in [-0.2, -0.15) is 0 Å². The van der Waals surface area contributed by atoms with Gasteiger partial charge in [-0.15, -0.1) is 0 Å². The van der Waals surface area contributed by atoms with Crippen molar-refractivity contribution in [3.63, 3.8) is 0 Å². The number of Topliss-reactive ketones (excluding diaryl/α,β-unsaturated/α-hetero) is 1. The highest BCUT2D eigenvalue weighted by Crippen LogP contribution is 2.20. The Hall–Kier alpha value is -1.84. The van der Waals surface area contributed by atoms with Crippen LogP contribution in [0.3, 0.4) is 0 Å². The first-order chi connectivity index (χ1) is 7.15. The second kappa shape index (κ2) is 5.14. The minimum Gasteiger partial charge on any atom is -0.453 e. The molecule has 15 heavy (non-hydrogen) atoms. The minimum atomic E-state index is -0.745. The van der Waals surface area contributed by atoms with Crippen LogP contribution in [-0.4, -0.2) is 19.0 Å². The Kier molecular flexibility index (Phi) is 3.85. The smallest absolute Gasteiger partial charge is 0.404 e. The summed E-state index contributed by atoms with van der Waals surface area (Å²) in [5, 5.41) is 0. The first-order valence-corrected chi connectivity index (χ1v) is 4.59. The molecule has 4 nitrogen and oxygen atoms in total. The molecular weight excluding hydrogens is 194 g/mol. The van der Waals surface area contributed by atoms with E-state index in [1.165, 1.54) is 12.7 Å². The Labute approximate surface area is 88.0 Å². The van der Waals surface area contributed by atoms with E-state index in [2.05, 4.69) is 10.5 Å². The Morgan fingerprint density at radius 2 is 1.93 bits per heavy atom. The fourth-order valence-electron chi connectivity index (χ4n) is 1.39. The molecule has 1 amide bonds. The summed E-state index contributed by atoms with van der Waals surface area (Å²) >= 11 is 0. The third kappa shape index (κ3) is 3.09. The molecule has 0 spiro atoms. The predicted octanol–water partition coefficient (Wildman–Crippen LogP) is 1.53. The van der Waals surface area contributed by atoms with Crippen LogP contribution < -0.4 is 5.73 Å². The lowest BCUT2D eigenvalue weighted by Crippen LogP contribution is -2.08. The topological polar surface area (TPSA) is 69.4 Å². The van der Waals surface area contributed by atoms with Gasteiger partial charge in [0.1, 0.15) is 0 Å². The van der Waals surface area contributed by atoms with E-state index in [9.17, 15) is 9.59 Å². The van der Waals surface area contributed by atoms with Gasteiger partial charge < -0.3 is 10.5 Å². The second-order valence-corrected chi connectivity index (χ2v) is 3.10. The van der Waals surface area contributed by atoms with Crippen LogP contribution in [0.25, 0.3) is 0 Å². The molecule has 0 aromatic heterocycles. The summed E-state index contributed by atoms with van der Waals surface area (Å²) in [7, 11) is 1.22. The van der Waals surface area contributed by atoms with Crippen LogP contribution in [0.2, 0.25) is 0 Å². The molecule has 1 aliphatic rings. The van der Waals surface area contributed by atoms with Gasteiger partial charge in [-0.05, 0) is 12.0 Å². The van der Waals surface area contributed by atoms with Crippen LogP contribution in [0.1, 0.15) is 22.3 Å². The maximum absolute atomic E-state index is 11.1. The third-order valence-corrected chi connectivity index (χ3v) is 2.14. The zero-order chi connectivity index (χ0) is 11.3. The molecule has 80 valence electrons. The lowest BCUT2D eigenvalue weighted by Gasteiger charge is -1.92. The van der Waals surface area contributed by atoms with Gasteiger partial charge in [0.15, 0.2) is 5.78 Å². The number of ether oxygens (including phenoxy) is 1. The van der Waals surface area contributed by atoms with Crippen molar-refractivity contribution in [2.45, 2.75) is 12.8 Å². The van der Waals surface area contributed by atoms with E-state index in [1.807, 2.05) is 24.3 Å². The largest absolute Gasteiger partial charge is 0.453 e. The number of benzene rings is 1. The average Bonchev–Trinajstić information content (AvgIpc) is 2.62. The molecule has 1 aromatic carbocycles. The summed E-state index contributed by atoms with van der Waals surface area (Å²) in [5.74, 6) is 0.301. The number of hydrogen-bond donors (Lipinski definition) is 1. The first-order valence-electron chi connectivity index (χ1n) is 4.59. The van der Waals surface area contributed by atoms with Gasteiger partial charge in [0.25, 0.3) is 0 Å². The number of carbonyl (C=O) groups excluding carboxylic acids is 2. The van der Waals surface area contributed by atoms with Crippen molar-refractivity contribution in [1.29, 1.82) is 0 Å². The summed E-state index contributed by atoms with van der Waals surface area (Å²) < 4.78 is 3.89. The second-order valence-electron chi connectivity index (χ2n) is 3.10. The molecule has 2 N–H and O–H groups in total. The number of rotatable bonds is 0. The molecule has 1 aliphatic carbocycles. The lowest BCUT2D eigenvalue weighted by atomic mass is 10.1. The van der Waals surface area contributed by atoms with E-state index in [4.69, 9.17) is 0 Å². The third-order valence-electron chi connectivity index (χ3n) is 2.14. The van der Waals surface area contributed by atoms with Gasteiger partial charge in [-0.25, -0.2) is 4.79 Å². The normalized spacial score (nSPS) is 12.5. The number of methoxy groups -OCH3 is 1. The van der Waals surface area contributed by atoms with Crippen molar-refractivity contribution in [2.75, 3.05) is 7.11 Å². The fourth-order valence-corrected chi connectivity index (χ4v) is 1.39. The van der Waals surface area contributed by atoms with Crippen molar-refractivity contribution >= 4 is 11.9 Å². The fraction of sp³-hybridized carbons (Fsp3) is 0.273. The minimum absolute atomic E-state index is 0.301. The van der Waals surface area contributed by atoms with E-state index < -0.39 is 6.09 Å². The number of ketones is 1. The van der Waals surface area contributed by atoms with Crippen LogP contribution in [0.4, 0.5) is 4.79 Å². The Bertz CT molecular complexity index is 374. The predicted molar refractivity (Wildman–Crippen MR) is 55.7 cm³/mol. The summed E-state index contributed by atoms with van der Waals surface area (Å²) in [6.45, 7) is 0. The van der Waals surface area contributed by atoms with Gasteiger partial charge in [0.05, 0.1) is 7.11 Å². The maximum atomic E-state index is 11.1. The molecule has 0 unspecified atom stereocenters. The maximum Gasteiger partial charge on any atom is 0.404 e. The molecule has 1 aromatic rings. The summed E-state index contributed by atoms with van der Waals surface area (Å²) in [6, 6.07) is 7.84. The van der Waals surface area contributed by atoms with E-state index in [1.54, 1.807) is 0 Å². The van der Waals surface area contributed by atoms with Crippen molar-refractivity contribution in [3.8, 4) is 0 Å². The molecule has 0 atom stereocenters. The average molecular weight is 207 g/mol. The van der Waals surface area contributed by atoms with Crippen LogP contribution in [-0.2, 0) is 11.2 Å². The molecule has 0 aliphatic heterocycles. The SMILES string of the molecule is COC(N)=O.O=C1CCc2ccccc21. The zero-order valence-electron chi connectivity index (χ0n) is 8.53. The molecular formula is C11H13NO3. The molecule has 0 radical (unpaired) electrons. The molecule has 0 bridgehead atoms.